The van der Waals surface area contributed by atoms with Gasteiger partial charge >= 0.3 is 6.18 Å². The molecule has 14 heteroatoms. The van der Waals surface area contributed by atoms with Crippen molar-refractivity contribution in [1.29, 1.82) is 0 Å². The zero-order valence-corrected chi connectivity index (χ0v) is 20.5. The summed E-state index contributed by atoms with van der Waals surface area (Å²) in [6.07, 6.45) is -3.60. The molecular formula is C21H25F3N4O5S2. The van der Waals surface area contributed by atoms with Gasteiger partial charge in [-0.2, -0.15) is 30.2 Å². The van der Waals surface area contributed by atoms with Crippen molar-refractivity contribution < 1.29 is 34.8 Å². The van der Waals surface area contributed by atoms with Gasteiger partial charge in [0.1, 0.15) is 0 Å². The Morgan fingerprint density at radius 3 is 2.29 bits per heavy atom. The highest BCUT2D eigenvalue weighted by Gasteiger charge is 2.34. The molecule has 0 saturated carbocycles. The zero-order chi connectivity index (χ0) is 26.0. The molecule has 1 aliphatic heterocycles. The van der Waals surface area contributed by atoms with E-state index < -0.39 is 43.8 Å². The van der Waals surface area contributed by atoms with E-state index in [-0.39, 0.29) is 17.1 Å². The number of anilines is 2. The van der Waals surface area contributed by atoms with Gasteiger partial charge in [-0.05, 0) is 55.3 Å². The van der Waals surface area contributed by atoms with Crippen molar-refractivity contribution in [3.8, 4) is 0 Å². The Labute approximate surface area is 202 Å². The number of benzene rings is 2. The maximum Gasteiger partial charge on any atom is 0.416 e. The van der Waals surface area contributed by atoms with Gasteiger partial charge in [0.05, 0.1) is 16.4 Å². The molecule has 0 aliphatic carbocycles. The molecule has 0 unspecified atom stereocenters. The first-order chi connectivity index (χ1) is 16.2. The summed E-state index contributed by atoms with van der Waals surface area (Å²) in [5.41, 5.74) is -0.942. The van der Waals surface area contributed by atoms with Crippen molar-refractivity contribution in [1.82, 2.24) is 8.61 Å². The Bertz CT molecular complexity index is 1280. The van der Waals surface area contributed by atoms with E-state index >= 15 is 0 Å². The summed E-state index contributed by atoms with van der Waals surface area (Å²) in [5.74, 6) is -0.981. The Morgan fingerprint density at radius 1 is 1.03 bits per heavy atom. The second kappa shape index (κ2) is 10.1. The molecular weight excluding hydrogens is 509 g/mol. The van der Waals surface area contributed by atoms with Crippen molar-refractivity contribution in [3.63, 3.8) is 0 Å². The van der Waals surface area contributed by atoms with Crippen LogP contribution < -0.4 is 10.0 Å². The van der Waals surface area contributed by atoms with Gasteiger partial charge < -0.3 is 5.32 Å². The van der Waals surface area contributed by atoms with Crippen molar-refractivity contribution in [2.75, 3.05) is 37.2 Å². The predicted octanol–water partition coefficient (Wildman–Crippen LogP) is 2.96. The molecule has 1 aliphatic rings. The van der Waals surface area contributed by atoms with Crippen LogP contribution in [0, 0.1) is 5.92 Å². The normalized spacial score (nSPS) is 17.8. The number of sulfonamides is 1. The van der Waals surface area contributed by atoms with E-state index in [9.17, 15) is 34.8 Å². The summed E-state index contributed by atoms with van der Waals surface area (Å²) in [6.45, 7) is 0.343. The molecule has 3 rings (SSSR count). The number of carbonyl (C=O) groups is 1. The minimum atomic E-state index is -4.62. The van der Waals surface area contributed by atoms with Crippen molar-refractivity contribution >= 4 is 37.5 Å². The van der Waals surface area contributed by atoms with Gasteiger partial charge in [0.15, 0.2) is 0 Å². The van der Waals surface area contributed by atoms with Crippen LogP contribution in [0.3, 0.4) is 0 Å². The zero-order valence-electron chi connectivity index (χ0n) is 18.9. The fourth-order valence-electron chi connectivity index (χ4n) is 3.53. The third kappa shape index (κ3) is 6.51. The van der Waals surface area contributed by atoms with E-state index in [1.807, 2.05) is 0 Å². The van der Waals surface area contributed by atoms with Gasteiger partial charge in [0.25, 0.3) is 20.2 Å². The number of hydrogen-bond donors (Lipinski definition) is 2. The van der Waals surface area contributed by atoms with Crippen molar-refractivity contribution in [2.45, 2.75) is 23.9 Å². The van der Waals surface area contributed by atoms with Crippen LogP contribution in [0.4, 0.5) is 24.5 Å². The fourth-order valence-corrected chi connectivity index (χ4v) is 5.77. The molecule has 0 aromatic heterocycles. The maximum absolute atomic E-state index is 12.9. The van der Waals surface area contributed by atoms with Crippen LogP contribution in [0.25, 0.3) is 0 Å². The van der Waals surface area contributed by atoms with Crippen LogP contribution in [0.1, 0.15) is 18.4 Å². The van der Waals surface area contributed by atoms with Crippen LogP contribution in [0.2, 0.25) is 0 Å². The van der Waals surface area contributed by atoms with Gasteiger partial charge in [-0.15, -0.1) is 0 Å². The lowest BCUT2D eigenvalue weighted by Gasteiger charge is -2.32. The van der Waals surface area contributed by atoms with Gasteiger partial charge in [0, 0.05) is 38.6 Å². The third-order valence-corrected chi connectivity index (χ3v) is 8.72. The van der Waals surface area contributed by atoms with Crippen LogP contribution >= 0.6 is 0 Å². The van der Waals surface area contributed by atoms with E-state index in [1.54, 1.807) is 0 Å². The summed E-state index contributed by atoms with van der Waals surface area (Å²) in [6, 6.07) is 8.91. The molecule has 2 aromatic rings. The maximum atomic E-state index is 12.9. The van der Waals surface area contributed by atoms with E-state index in [0.717, 1.165) is 16.4 Å². The lowest BCUT2D eigenvalue weighted by molar-refractivity contribution is -0.137. The lowest BCUT2D eigenvalue weighted by Crippen LogP contribution is -2.47. The monoisotopic (exact) mass is 534 g/mol. The van der Waals surface area contributed by atoms with Gasteiger partial charge in [-0.1, -0.05) is 6.07 Å². The fraction of sp³-hybridized carbons (Fsp3) is 0.381. The Hall–Kier alpha value is -2.68. The highest BCUT2D eigenvalue weighted by Crippen LogP contribution is 2.31. The summed E-state index contributed by atoms with van der Waals surface area (Å²) < 4.78 is 92.9. The molecule has 1 saturated heterocycles. The topological polar surface area (TPSA) is 116 Å². The predicted molar refractivity (Wildman–Crippen MR) is 124 cm³/mol. The SMILES string of the molecule is CN(C)S(=O)(=O)N1CCC[C@@H](C(=O)Nc2ccc(S(=O)(=O)Nc3cccc(C(F)(F)F)c3)cc2)C1. The molecule has 0 radical (unpaired) electrons. The number of alkyl halides is 3. The second-order valence-electron chi connectivity index (χ2n) is 8.19. The quantitative estimate of drug-likeness (QED) is 0.567. The number of halogens is 3. The molecule has 2 aromatic carbocycles. The number of nitrogens with one attached hydrogen (secondary N) is 2. The summed E-state index contributed by atoms with van der Waals surface area (Å²) >= 11 is 0. The molecule has 192 valence electrons. The van der Waals surface area contributed by atoms with E-state index in [2.05, 4.69) is 10.0 Å². The molecule has 9 nitrogen and oxygen atoms in total. The molecule has 1 heterocycles. The lowest BCUT2D eigenvalue weighted by atomic mass is 9.99. The third-order valence-electron chi connectivity index (χ3n) is 5.42. The molecule has 1 atom stereocenters. The molecule has 0 bridgehead atoms. The number of hydrogen-bond acceptors (Lipinski definition) is 5. The van der Waals surface area contributed by atoms with Crippen LogP contribution in [0.15, 0.2) is 53.4 Å². The highest BCUT2D eigenvalue weighted by atomic mass is 32.2. The molecule has 2 N–H and O–H groups in total. The van der Waals surface area contributed by atoms with E-state index in [4.69, 9.17) is 0 Å². The average Bonchev–Trinajstić information content (AvgIpc) is 2.78. The Balaban J connectivity index is 1.67. The van der Waals surface area contributed by atoms with E-state index in [0.29, 0.717) is 31.1 Å². The Kier molecular flexibility index (Phi) is 7.79. The largest absolute Gasteiger partial charge is 0.416 e. The van der Waals surface area contributed by atoms with Gasteiger partial charge in [0.2, 0.25) is 5.91 Å². The summed E-state index contributed by atoms with van der Waals surface area (Å²) in [5, 5.41) is 2.65. The van der Waals surface area contributed by atoms with Gasteiger partial charge in [-0.25, -0.2) is 8.42 Å². The summed E-state index contributed by atoms with van der Waals surface area (Å²) in [4.78, 5) is 12.5. The van der Waals surface area contributed by atoms with Gasteiger partial charge in [-0.3, -0.25) is 9.52 Å². The van der Waals surface area contributed by atoms with E-state index in [1.165, 1.54) is 48.7 Å². The van der Waals surface area contributed by atoms with Crippen LogP contribution in [-0.2, 0) is 31.2 Å². The van der Waals surface area contributed by atoms with Crippen LogP contribution in [-0.4, -0.2) is 58.5 Å². The summed E-state index contributed by atoms with van der Waals surface area (Å²) in [7, 11) is -5.00. The number of carbonyl (C=O) groups excluding carboxylic acids is 1. The smallest absolute Gasteiger partial charge is 0.326 e. The number of piperidine rings is 1. The second-order valence-corrected chi connectivity index (χ2v) is 12.0. The minimum absolute atomic E-state index is 0.0275. The molecule has 1 fully saturated rings. The number of nitrogens with zero attached hydrogens (tertiary/aromatic N) is 2. The number of amides is 1. The first-order valence-electron chi connectivity index (χ1n) is 10.5. The first-order valence-corrected chi connectivity index (χ1v) is 13.4. The molecule has 35 heavy (non-hydrogen) atoms. The highest BCUT2D eigenvalue weighted by molar-refractivity contribution is 7.92. The Morgan fingerprint density at radius 2 is 1.69 bits per heavy atom. The molecule has 0 spiro atoms. The van der Waals surface area contributed by atoms with Crippen molar-refractivity contribution in [2.24, 2.45) is 5.92 Å². The molecule has 1 amide bonds. The minimum Gasteiger partial charge on any atom is -0.326 e. The first kappa shape index (κ1) is 26.9. The van der Waals surface area contributed by atoms with Crippen molar-refractivity contribution in [3.05, 3.63) is 54.1 Å². The number of rotatable bonds is 7. The van der Waals surface area contributed by atoms with Crippen LogP contribution in [0.5, 0.6) is 0 Å². The average molecular weight is 535 g/mol. The standard InChI is InChI=1S/C21H25F3N4O5S2/c1-27(2)35(32,33)28-12-4-5-15(14-28)20(29)25-17-8-10-19(11-9-17)34(30,31)26-18-7-3-6-16(13-18)21(22,23)24/h3,6-11,13,15,26H,4-5,12,14H2,1-2H3,(H,25,29)/t15-/m1/s1.